The Morgan fingerprint density at radius 2 is 2.10 bits per heavy atom. The van der Waals surface area contributed by atoms with Crippen LogP contribution in [0.25, 0.3) is 0 Å². The number of hydrogen-bond donors (Lipinski definition) is 3. The number of nitrogens with two attached hydrogens (primary N) is 1. The molecule has 20 heavy (non-hydrogen) atoms. The molecule has 1 fully saturated rings. The molecule has 2 rings (SSSR count). The normalized spacial score (nSPS) is 25.9. The van der Waals surface area contributed by atoms with Gasteiger partial charge in [0.25, 0.3) is 5.91 Å². The second-order valence-electron chi connectivity index (χ2n) is 5.47. The summed E-state index contributed by atoms with van der Waals surface area (Å²) in [7, 11) is 0. The number of carboxylic acid groups (broad SMARTS) is 1. The Labute approximate surface area is 117 Å². The zero-order chi connectivity index (χ0) is 14.8. The largest absolute Gasteiger partial charge is 0.480 e. The maximum Gasteiger partial charge on any atom is 0.329 e. The number of nitrogen functional groups attached to an aromatic ring is 1. The SMILES string of the molecule is CC1CCC(NC(=O)c2ncccc2N)(C(=O)O)CC1. The molecule has 1 heterocycles. The van der Waals surface area contributed by atoms with Gasteiger partial charge in [-0.15, -0.1) is 0 Å². The minimum absolute atomic E-state index is 0.0757. The van der Waals surface area contributed by atoms with Gasteiger partial charge >= 0.3 is 5.97 Å². The average Bonchev–Trinajstić information content (AvgIpc) is 2.41. The number of carboxylic acids is 1. The van der Waals surface area contributed by atoms with Crippen molar-refractivity contribution in [1.29, 1.82) is 0 Å². The van der Waals surface area contributed by atoms with Gasteiger partial charge in [0.2, 0.25) is 0 Å². The molecular formula is C14H19N3O3. The number of amides is 1. The molecule has 0 aromatic carbocycles. The summed E-state index contributed by atoms with van der Waals surface area (Å²) in [6.07, 6.45) is 3.89. The lowest BCUT2D eigenvalue weighted by Crippen LogP contribution is -2.56. The molecule has 4 N–H and O–H groups in total. The van der Waals surface area contributed by atoms with Gasteiger partial charge < -0.3 is 16.2 Å². The number of anilines is 1. The van der Waals surface area contributed by atoms with Crippen LogP contribution < -0.4 is 11.1 Å². The van der Waals surface area contributed by atoms with Crippen LogP contribution >= 0.6 is 0 Å². The summed E-state index contributed by atoms with van der Waals surface area (Å²) < 4.78 is 0. The average molecular weight is 277 g/mol. The fourth-order valence-corrected chi connectivity index (χ4v) is 2.53. The first-order chi connectivity index (χ1) is 9.44. The van der Waals surface area contributed by atoms with Crippen LogP contribution in [0.2, 0.25) is 0 Å². The number of carbonyl (C=O) groups is 2. The highest BCUT2D eigenvalue weighted by Gasteiger charge is 2.42. The molecule has 0 atom stereocenters. The molecule has 0 spiro atoms. The third-order valence-corrected chi connectivity index (χ3v) is 3.94. The van der Waals surface area contributed by atoms with Crippen LogP contribution in [-0.4, -0.2) is 27.5 Å². The number of nitrogens with one attached hydrogen (secondary N) is 1. The van der Waals surface area contributed by atoms with E-state index in [0.29, 0.717) is 18.8 Å². The maximum absolute atomic E-state index is 12.2. The second kappa shape index (κ2) is 5.48. The molecule has 0 aliphatic heterocycles. The Balaban J connectivity index is 2.19. The summed E-state index contributed by atoms with van der Waals surface area (Å²) in [5, 5.41) is 12.1. The first-order valence-electron chi connectivity index (χ1n) is 6.71. The lowest BCUT2D eigenvalue weighted by atomic mass is 9.77. The van der Waals surface area contributed by atoms with Crippen LogP contribution in [0.15, 0.2) is 18.3 Å². The van der Waals surface area contributed by atoms with E-state index in [4.69, 9.17) is 5.73 Å². The lowest BCUT2D eigenvalue weighted by molar-refractivity contribution is -0.146. The third kappa shape index (κ3) is 2.74. The number of pyridine rings is 1. The molecule has 0 saturated heterocycles. The van der Waals surface area contributed by atoms with Crippen molar-refractivity contribution in [3.8, 4) is 0 Å². The topological polar surface area (TPSA) is 105 Å². The Morgan fingerprint density at radius 3 is 2.65 bits per heavy atom. The van der Waals surface area contributed by atoms with Crippen molar-refractivity contribution < 1.29 is 14.7 Å². The van der Waals surface area contributed by atoms with Crippen LogP contribution in [0.5, 0.6) is 0 Å². The first-order valence-corrected chi connectivity index (χ1v) is 6.71. The van der Waals surface area contributed by atoms with Crippen molar-refractivity contribution in [3.63, 3.8) is 0 Å². The van der Waals surface area contributed by atoms with E-state index in [-0.39, 0.29) is 11.4 Å². The Kier molecular flexibility index (Phi) is 3.92. The van der Waals surface area contributed by atoms with Crippen molar-refractivity contribution in [3.05, 3.63) is 24.0 Å². The number of carbonyl (C=O) groups excluding carboxylic acids is 1. The minimum atomic E-state index is -1.20. The van der Waals surface area contributed by atoms with Gasteiger partial charge in [-0.05, 0) is 43.7 Å². The molecule has 0 radical (unpaired) electrons. The van der Waals surface area contributed by atoms with Crippen LogP contribution in [0.4, 0.5) is 5.69 Å². The van der Waals surface area contributed by atoms with E-state index in [1.807, 2.05) is 0 Å². The van der Waals surface area contributed by atoms with Crippen LogP contribution in [0.3, 0.4) is 0 Å². The standard InChI is InChI=1S/C14H19N3O3/c1-9-4-6-14(7-5-9,13(19)20)17-12(18)11-10(15)3-2-8-16-11/h2-3,8-9H,4-7,15H2,1H3,(H,17,18)(H,19,20). The molecule has 6 heteroatoms. The quantitative estimate of drug-likeness (QED) is 0.775. The molecule has 108 valence electrons. The van der Waals surface area contributed by atoms with Gasteiger partial charge in [0, 0.05) is 6.20 Å². The summed E-state index contributed by atoms with van der Waals surface area (Å²) in [4.78, 5) is 27.7. The molecule has 1 aliphatic rings. The predicted molar refractivity (Wildman–Crippen MR) is 74.1 cm³/mol. The fraction of sp³-hybridized carbons (Fsp3) is 0.500. The molecule has 0 unspecified atom stereocenters. The highest BCUT2D eigenvalue weighted by molar-refractivity contribution is 6.00. The van der Waals surface area contributed by atoms with Gasteiger partial charge in [-0.25, -0.2) is 9.78 Å². The van der Waals surface area contributed by atoms with Crippen LogP contribution in [0, 0.1) is 5.92 Å². The summed E-state index contributed by atoms with van der Waals surface area (Å²) >= 11 is 0. The van der Waals surface area contributed by atoms with E-state index in [0.717, 1.165) is 12.8 Å². The molecular weight excluding hydrogens is 258 g/mol. The zero-order valence-corrected chi connectivity index (χ0v) is 11.4. The lowest BCUT2D eigenvalue weighted by Gasteiger charge is -2.36. The van der Waals surface area contributed by atoms with Gasteiger partial charge in [0.05, 0.1) is 5.69 Å². The van der Waals surface area contributed by atoms with Crippen molar-refractivity contribution in [2.24, 2.45) is 5.92 Å². The molecule has 1 aromatic rings. The Bertz CT molecular complexity index is 522. The number of rotatable bonds is 3. The smallest absolute Gasteiger partial charge is 0.329 e. The van der Waals surface area contributed by atoms with Crippen molar-refractivity contribution in [1.82, 2.24) is 10.3 Å². The Hall–Kier alpha value is -2.11. The zero-order valence-electron chi connectivity index (χ0n) is 11.4. The van der Waals surface area contributed by atoms with E-state index < -0.39 is 17.4 Å². The third-order valence-electron chi connectivity index (χ3n) is 3.94. The van der Waals surface area contributed by atoms with Gasteiger partial charge in [0.15, 0.2) is 5.69 Å². The summed E-state index contributed by atoms with van der Waals surface area (Å²) in [5.74, 6) is -1.04. The molecule has 1 amide bonds. The Morgan fingerprint density at radius 1 is 1.45 bits per heavy atom. The fourth-order valence-electron chi connectivity index (χ4n) is 2.53. The van der Waals surface area contributed by atoms with E-state index >= 15 is 0 Å². The summed E-state index contributed by atoms with van der Waals surface area (Å²) in [5.41, 5.74) is 4.82. The highest BCUT2D eigenvalue weighted by atomic mass is 16.4. The molecule has 0 bridgehead atoms. The van der Waals surface area contributed by atoms with Crippen molar-refractivity contribution in [2.75, 3.05) is 5.73 Å². The molecule has 1 aliphatic carbocycles. The second-order valence-corrected chi connectivity index (χ2v) is 5.47. The van der Waals surface area contributed by atoms with Crippen LogP contribution in [0.1, 0.15) is 43.1 Å². The number of nitrogens with zero attached hydrogens (tertiary/aromatic N) is 1. The van der Waals surface area contributed by atoms with Crippen molar-refractivity contribution >= 4 is 17.6 Å². The predicted octanol–water partition coefficient (Wildman–Crippen LogP) is 1.43. The van der Waals surface area contributed by atoms with Gasteiger partial charge in [0.1, 0.15) is 5.54 Å². The highest BCUT2D eigenvalue weighted by Crippen LogP contribution is 2.32. The number of aromatic nitrogens is 1. The summed E-state index contributed by atoms with van der Waals surface area (Å²) in [6.45, 7) is 2.09. The monoisotopic (exact) mass is 277 g/mol. The van der Waals surface area contributed by atoms with Gasteiger partial charge in [-0.3, -0.25) is 4.79 Å². The van der Waals surface area contributed by atoms with Crippen molar-refractivity contribution in [2.45, 2.75) is 38.1 Å². The summed E-state index contributed by atoms with van der Waals surface area (Å²) in [6, 6.07) is 3.19. The van der Waals surface area contributed by atoms with E-state index in [1.54, 1.807) is 12.1 Å². The number of hydrogen-bond acceptors (Lipinski definition) is 4. The van der Waals surface area contributed by atoms with E-state index in [2.05, 4.69) is 17.2 Å². The first kappa shape index (κ1) is 14.3. The van der Waals surface area contributed by atoms with E-state index in [1.165, 1.54) is 6.20 Å². The maximum atomic E-state index is 12.2. The molecule has 1 saturated carbocycles. The van der Waals surface area contributed by atoms with Gasteiger partial charge in [-0.2, -0.15) is 0 Å². The molecule has 6 nitrogen and oxygen atoms in total. The molecule has 1 aromatic heterocycles. The number of aliphatic carboxylic acids is 1. The van der Waals surface area contributed by atoms with Gasteiger partial charge in [-0.1, -0.05) is 6.92 Å². The van der Waals surface area contributed by atoms with Crippen LogP contribution in [-0.2, 0) is 4.79 Å². The van der Waals surface area contributed by atoms with E-state index in [9.17, 15) is 14.7 Å². The minimum Gasteiger partial charge on any atom is -0.480 e.